The summed E-state index contributed by atoms with van der Waals surface area (Å²) in [5.41, 5.74) is 1.38. The van der Waals surface area contributed by atoms with Gasteiger partial charge in [0.15, 0.2) is 11.4 Å². The zero-order valence-corrected chi connectivity index (χ0v) is 25.2. The predicted octanol–water partition coefficient (Wildman–Crippen LogP) is 4.45. The Balaban J connectivity index is 1.88. The zero-order chi connectivity index (χ0) is 29.7. The molecule has 0 bridgehead atoms. The topological polar surface area (TPSA) is 105 Å². The Morgan fingerprint density at radius 1 is 1.02 bits per heavy atom. The maximum Gasteiger partial charge on any atom is 0.344 e. The molecule has 0 radical (unpaired) electrons. The third kappa shape index (κ3) is 6.66. The van der Waals surface area contributed by atoms with Crippen LogP contribution in [0.5, 0.6) is 11.5 Å². The minimum Gasteiger partial charge on any atom is -0.494 e. The lowest BCUT2D eigenvalue weighted by molar-refractivity contribution is -0.145. The standard InChI is InChI=1S/C29H28Cl2N2O7S/c1-5-37-20-10-8-17(9-11-20)25-24(28(36)39-7-3)16(4)32-29-33(25)27(35)22(41-29)13-18-12-19(30)14-21(31)26(18)40-15-23(34)38-6-2/h8-14,25H,5-7,15H2,1-4H3/b22-13-/t25-/m1/s1. The van der Waals surface area contributed by atoms with Crippen LogP contribution in [-0.4, -0.2) is 42.9 Å². The summed E-state index contributed by atoms with van der Waals surface area (Å²) in [6, 6.07) is 9.45. The smallest absolute Gasteiger partial charge is 0.344 e. The number of hydrogen-bond acceptors (Lipinski definition) is 9. The van der Waals surface area contributed by atoms with Gasteiger partial charge in [-0.25, -0.2) is 14.6 Å². The van der Waals surface area contributed by atoms with Crippen molar-refractivity contribution < 1.29 is 28.5 Å². The first-order valence-corrected chi connectivity index (χ1v) is 14.5. The van der Waals surface area contributed by atoms with Gasteiger partial charge in [-0.05, 0) is 63.6 Å². The van der Waals surface area contributed by atoms with Crippen LogP contribution in [0.3, 0.4) is 0 Å². The van der Waals surface area contributed by atoms with Crippen LogP contribution < -0.4 is 24.4 Å². The van der Waals surface area contributed by atoms with Gasteiger partial charge in [0.05, 0.1) is 46.7 Å². The number of hydrogen-bond donors (Lipinski definition) is 0. The number of carbonyl (C=O) groups is 2. The molecule has 3 aromatic rings. The number of thiazole rings is 1. The van der Waals surface area contributed by atoms with E-state index in [0.717, 1.165) is 11.3 Å². The first-order valence-electron chi connectivity index (χ1n) is 12.9. The van der Waals surface area contributed by atoms with Gasteiger partial charge < -0.3 is 18.9 Å². The number of rotatable bonds is 10. The Labute approximate surface area is 250 Å². The second kappa shape index (κ2) is 13.4. The van der Waals surface area contributed by atoms with E-state index in [1.165, 1.54) is 10.6 Å². The van der Waals surface area contributed by atoms with Crippen molar-refractivity contribution in [3.05, 3.63) is 88.5 Å². The third-order valence-corrected chi connectivity index (χ3v) is 7.47. The summed E-state index contributed by atoms with van der Waals surface area (Å²) in [5, 5.41) is 0.471. The van der Waals surface area contributed by atoms with Gasteiger partial charge in [0, 0.05) is 10.6 Å². The highest BCUT2D eigenvalue weighted by molar-refractivity contribution is 7.07. The monoisotopic (exact) mass is 618 g/mol. The van der Waals surface area contributed by atoms with Crippen LogP contribution in [0, 0.1) is 0 Å². The van der Waals surface area contributed by atoms with Gasteiger partial charge in [-0.15, -0.1) is 0 Å². The molecule has 4 rings (SSSR count). The summed E-state index contributed by atoms with van der Waals surface area (Å²) < 4.78 is 23.3. The Hall–Kier alpha value is -3.60. The summed E-state index contributed by atoms with van der Waals surface area (Å²) in [6.07, 6.45) is 1.57. The normalized spacial score (nSPS) is 14.8. The lowest BCUT2D eigenvalue weighted by atomic mass is 9.96. The van der Waals surface area contributed by atoms with Crippen LogP contribution in [0.2, 0.25) is 10.0 Å². The predicted molar refractivity (Wildman–Crippen MR) is 157 cm³/mol. The molecule has 0 saturated carbocycles. The van der Waals surface area contributed by atoms with E-state index in [9.17, 15) is 14.4 Å². The Morgan fingerprint density at radius 3 is 2.39 bits per heavy atom. The molecule has 0 spiro atoms. The first kappa shape index (κ1) is 30.4. The fraction of sp³-hybridized carbons (Fsp3) is 0.310. The van der Waals surface area contributed by atoms with Crippen LogP contribution in [0.1, 0.15) is 44.9 Å². The van der Waals surface area contributed by atoms with Gasteiger partial charge in [0.25, 0.3) is 5.56 Å². The van der Waals surface area contributed by atoms with Crippen LogP contribution in [-0.2, 0) is 19.1 Å². The van der Waals surface area contributed by atoms with Gasteiger partial charge in [0.1, 0.15) is 11.5 Å². The van der Waals surface area contributed by atoms with Crippen molar-refractivity contribution in [2.24, 2.45) is 4.99 Å². The molecule has 216 valence electrons. The Kier molecular flexibility index (Phi) is 9.90. The van der Waals surface area contributed by atoms with Crippen molar-refractivity contribution in [2.75, 3.05) is 26.4 Å². The average molecular weight is 620 g/mol. The molecule has 0 unspecified atom stereocenters. The lowest BCUT2D eigenvalue weighted by Gasteiger charge is -2.24. The van der Waals surface area contributed by atoms with Gasteiger partial charge >= 0.3 is 11.9 Å². The molecular formula is C29H28Cl2N2O7S. The molecule has 1 aromatic heterocycles. The van der Waals surface area contributed by atoms with E-state index >= 15 is 0 Å². The number of esters is 2. The summed E-state index contributed by atoms with van der Waals surface area (Å²) in [4.78, 5) is 43.9. The summed E-state index contributed by atoms with van der Waals surface area (Å²) >= 11 is 13.8. The van der Waals surface area contributed by atoms with E-state index in [1.54, 1.807) is 45.0 Å². The fourth-order valence-corrected chi connectivity index (χ4v) is 5.94. The number of carbonyl (C=O) groups excluding carboxylic acids is 2. The highest BCUT2D eigenvalue weighted by atomic mass is 35.5. The first-order chi connectivity index (χ1) is 19.7. The fourth-order valence-electron chi connectivity index (χ4n) is 4.33. The van der Waals surface area contributed by atoms with Gasteiger partial charge in [0.2, 0.25) is 0 Å². The Morgan fingerprint density at radius 2 is 1.73 bits per heavy atom. The summed E-state index contributed by atoms with van der Waals surface area (Å²) in [7, 11) is 0. The molecular weight excluding hydrogens is 591 g/mol. The molecule has 0 fully saturated rings. The number of aromatic nitrogens is 1. The summed E-state index contributed by atoms with van der Waals surface area (Å²) in [5.74, 6) is -0.295. The second-order valence-corrected chi connectivity index (χ2v) is 10.6. The molecule has 41 heavy (non-hydrogen) atoms. The van der Waals surface area contributed by atoms with Gasteiger partial charge in [-0.1, -0.05) is 46.7 Å². The van der Waals surface area contributed by atoms with E-state index in [2.05, 4.69) is 4.99 Å². The molecule has 12 heteroatoms. The Bertz CT molecular complexity index is 1680. The zero-order valence-electron chi connectivity index (χ0n) is 22.9. The molecule has 2 heterocycles. The van der Waals surface area contributed by atoms with Gasteiger partial charge in [-0.3, -0.25) is 9.36 Å². The molecule has 0 aliphatic carbocycles. The van der Waals surface area contributed by atoms with Crippen molar-refractivity contribution in [3.8, 4) is 11.5 Å². The summed E-state index contributed by atoms with van der Waals surface area (Å²) in [6.45, 7) is 7.49. The van der Waals surface area contributed by atoms with Crippen molar-refractivity contribution in [1.82, 2.24) is 4.57 Å². The molecule has 1 atom stereocenters. The number of fused-ring (bicyclic) bond motifs is 1. The van der Waals surface area contributed by atoms with E-state index in [-0.39, 0.29) is 40.7 Å². The van der Waals surface area contributed by atoms with Crippen LogP contribution in [0.25, 0.3) is 6.08 Å². The number of allylic oxidation sites excluding steroid dienone is 1. The number of ether oxygens (including phenoxy) is 4. The molecule has 0 amide bonds. The van der Waals surface area contributed by atoms with Crippen LogP contribution >= 0.6 is 34.5 Å². The van der Waals surface area contributed by atoms with E-state index in [4.69, 9.17) is 42.1 Å². The van der Waals surface area contributed by atoms with Crippen LogP contribution in [0.15, 0.2) is 57.5 Å². The van der Waals surface area contributed by atoms with E-state index < -0.39 is 23.5 Å². The molecule has 1 aliphatic heterocycles. The van der Waals surface area contributed by atoms with E-state index in [1.807, 2.05) is 19.1 Å². The van der Waals surface area contributed by atoms with Gasteiger partial charge in [-0.2, -0.15) is 0 Å². The molecule has 1 aliphatic rings. The van der Waals surface area contributed by atoms with Crippen molar-refractivity contribution in [1.29, 1.82) is 0 Å². The highest BCUT2D eigenvalue weighted by Gasteiger charge is 2.33. The third-order valence-electron chi connectivity index (χ3n) is 5.99. The quantitative estimate of drug-likeness (QED) is 0.309. The average Bonchev–Trinajstić information content (AvgIpc) is 3.22. The van der Waals surface area contributed by atoms with Crippen LogP contribution in [0.4, 0.5) is 0 Å². The molecule has 9 nitrogen and oxygen atoms in total. The van der Waals surface area contributed by atoms with E-state index in [0.29, 0.717) is 39.0 Å². The van der Waals surface area contributed by atoms with Crippen molar-refractivity contribution >= 4 is 52.6 Å². The SMILES string of the molecule is CCOC(=O)COc1c(Cl)cc(Cl)cc1/C=c1\sc2n(c1=O)[C@H](c1ccc(OCC)cc1)C(C(=O)OCC)=C(C)N=2. The number of benzene rings is 2. The second-order valence-electron chi connectivity index (χ2n) is 8.70. The molecule has 0 N–H and O–H groups in total. The number of nitrogens with zero attached hydrogens (tertiary/aromatic N) is 2. The van der Waals surface area contributed by atoms with Crippen molar-refractivity contribution in [3.63, 3.8) is 0 Å². The minimum absolute atomic E-state index is 0.161. The highest BCUT2D eigenvalue weighted by Crippen LogP contribution is 2.34. The maximum atomic E-state index is 13.9. The number of halogens is 2. The minimum atomic E-state index is -0.786. The maximum absolute atomic E-state index is 13.9. The molecule has 2 aromatic carbocycles. The van der Waals surface area contributed by atoms with Crippen molar-refractivity contribution in [2.45, 2.75) is 33.7 Å². The largest absolute Gasteiger partial charge is 0.494 e. The lowest BCUT2D eigenvalue weighted by Crippen LogP contribution is -2.39. The molecule has 0 saturated heterocycles.